The van der Waals surface area contributed by atoms with Crippen LogP contribution in [0.4, 0.5) is 4.39 Å². The minimum absolute atomic E-state index is 0.110. The van der Waals surface area contributed by atoms with Crippen LogP contribution >= 0.6 is 11.6 Å². The average molecular weight is 292 g/mol. The maximum atomic E-state index is 12.7. The molecule has 0 saturated carbocycles. The number of rotatable bonds is 5. The molecule has 2 nitrogen and oxygen atoms in total. The Kier molecular flexibility index (Phi) is 5.13. The first-order valence-electron chi connectivity index (χ1n) is 6.43. The van der Waals surface area contributed by atoms with Gasteiger partial charge >= 0.3 is 0 Å². The van der Waals surface area contributed by atoms with Gasteiger partial charge in [-0.3, -0.25) is 4.79 Å². The molecule has 2 aromatic carbocycles. The third kappa shape index (κ3) is 4.35. The van der Waals surface area contributed by atoms with Gasteiger partial charge in [-0.15, -0.1) is 0 Å². The molecule has 1 N–H and O–H groups in total. The number of hydrogen-bond acceptors (Lipinski definition) is 1. The molecule has 2 aromatic rings. The van der Waals surface area contributed by atoms with Gasteiger partial charge in [-0.25, -0.2) is 4.39 Å². The van der Waals surface area contributed by atoms with Gasteiger partial charge in [-0.05, 0) is 54.8 Å². The molecule has 0 bridgehead atoms. The van der Waals surface area contributed by atoms with Crippen LogP contribution in [0.15, 0.2) is 48.5 Å². The summed E-state index contributed by atoms with van der Waals surface area (Å²) in [6.45, 7) is 0.582. The number of amides is 1. The lowest BCUT2D eigenvalue weighted by atomic mass is 10.1. The van der Waals surface area contributed by atoms with Crippen molar-refractivity contribution in [3.63, 3.8) is 0 Å². The molecule has 2 rings (SSSR count). The fourth-order valence-corrected chi connectivity index (χ4v) is 1.97. The molecule has 0 fully saturated rings. The van der Waals surface area contributed by atoms with Crippen LogP contribution in [0.5, 0.6) is 0 Å². The van der Waals surface area contributed by atoms with E-state index in [-0.39, 0.29) is 11.7 Å². The minimum Gasteiger partial charge on any atom is -0.352 e. The molecule has 0 heterocycles. The van der Waals surface area contributed by atoms with E-state index in [4.69, 9.17) is 11.6 Å². The first-order valence-corrected chi connectivity index (χ1v) is 6.81. The Bertz CT molecular complexity index is 566. The van der Waals surface area contributed by atoms with E-state index in [1.807, 2.05) is 0 Å². The SMILES string of the molecule is O=C(NCCCc1ccc(F)cc1)c1ccc(Cl)cc1. The van der Waals surface area contributed by atoms with Crippen LogP contribution in [-0.2, 0) is 6.42 Å². The predicted molar refractivity (Wildman–Crippen MR) is 78.5 cm³/mol. The van der Waals surface area contributed by atoms with Gasteiger partial charge in [0.05, 0.1) is 0 Å². The molecule has 1 amide bonds. The highest BCUT2D eigenvalue weighted by Crippen LogP contribution is 2.09. The molecule has 0 aliphatic carbocycles. The van der Waals surface area contributed by atoms with Crippen molar-refractivity contribution in [2.24, 2.45) is 0 Å². The molecule has 0 aliphatic heterocycles. The Morgan fingerprint density at radius 2 is 1.70 bits per heavy atom. The summed E-state index contributed by atoms with van der Waals surface area (Å²) < 4.78 is 12.7. The number of benzene rings is 2. The molecule has 0 atom stereocenters. The number of carbonyl (C=O) groups excluding carboxylic acids is 1. The molecule has 0 saturated heterocycles. The van der Waals surface area contributed by atoms with Crippen LogP contribution in [0.3, 0.4) is 0 Å². The fourth-order valence-electron chi connectivity index (χ4n) is 1.85. The van der Waals surface area contributed by atoms with Crippen LogP contribution in [0.25, 0.3) is 0 Å². The number of hydrogen-bond donors (Lipinski definition) is 1. The van der Waals surface area contributed by atoms with Crippen molar-refractivity contribution < 1.29 is 9.18 Å². The highest BCUT2D eigenvalue weighted by molar-refractivity contribution is 6.30. The molecule has 0 unspecified atom stereocenters. The smallest absolute Gasteiger partial charge is 0.251 e. The number of aryl methyl sites for hydroxylation is 1. The molecule has 4 heteroatoms. The van der Waals surface area contributed by atoms with E-state index in [1.165, 1.54) is 12.1 Å². The zero-order valence-corrected chi connectivity index (χ0v) is 11.7. The summed E-state index contributed by atoms with van der Waals surface area (Å²) in [6, 6.07) is 13.2. The highest BCUT2D eigenvalue weighted by Gasteiger charge is 2.04. The molecule has 0 aliphatic rings. The predicted octanol–water partition coefficient (Wildman–Crippen LogP) is 3.84. The van der Waals surface area contributed by atoms with Gasteiger partial charge < -0.3 is 5.32 Å². The second kappa shape index (κ2) is 7.06. The fraction of sp³-hybridized carbons (Fsp3) is 0.188. The van der Waals surface area contributed by atoms with Crippen LogP contribution in [-0.4, -0.2) is 12.5 Å². The maximum Gasteiger partial charge on any atom is 0.251 e. The standard InChI is InChI=1S/C16H15ClFNO/c17-14-7-5-13(6-8-14)16(20)19-11-1-2-12-3-9-15(18)10-4-12/h3-10H,1-2,11H2,(H,19,20). The summed E-state index contributed by atoms with van der Waals surface area (Å²) in [6.07, 6.45) is 1.62. The molecule has 0 aromatic heterocycles. The van der Waals surface area contributed by atoms with Crippen molar-refractivity contribution >= 4 is 17.5 Å². The molecule has 104 valence electrons. The zero-order valence-electron chi connectivity index (χ0n) is 10.9. The van der Waals surface area contributed by atoms with Gasteiger partial charge in [0.1, 0.15) is 5.82 Å². The third-order valence-electron chi connectivity index (χ3n) is 2.95. The van der Waals surface area contributed by atoms with Crippen molar-refractivity contribution in [2.45, 2.75) is 12.8 Å². The largest absolute Gasteiger partial charge is 0.352 e. The monoisotopic (exact) mass is 291 g/mol. The van der Waals surface area contributed by atoms with E-state index in [2.05, 4.69) is 5.32 Å². The third-order valence-corrected chi connectivity index (χ3v) is 3.20. The summed E-state index contributed by atoms with van der Waals surface area (Å²) in [5.41, 5.74) is 1.66. The van der Waals surface area contributed by atoms with E-state index in [9.17, 15) is 9.18 Å². The molecule has 0 radical (unpaired) electrons. The van der Waals surface area contributed by atoms with E-state index in [0.29, 0.717) is 17.1 Å². The Hall–Kier alpha value is -1.87. The second-order valence-corrected chi connectivity index (χ2v) is 4.93. The Morgan fingerprint density at radius 1 is 1.05 bits per heavy atom. The summed E-state index contributed by atoms with van der Waals surface area (Å²) in [7, 11) is 0. The quantitative estimate of drug-likeness (QED) is 0.833. The highest BCUT2D eigenvalue weighted by atomic mass is 35.5. The van der Waals surface area contributed by atoms with E-state index in [0.717, 1.165) is 18.4 Å². The second-order valence-electron chi connectivity index (χ2n) is 4.49. The summed E-state index contributed by atoms with van der Waals surface area (Å²) in [5, 5.41) is 3.45. The average Bonchev–Trinajstić information content (AvgIpc) is 2.46. The summed E-state index contributed by atoms with van der Waals surface area (Å²) >= 11 is 5.76. The van der Waals surface area contributed by atoms with E-state index < -0.39 is 0 Å². The number of carbonyl (C=O) groups is 1. The lowest BCUT2D eigenvalue weighted by Gasteiger charge is -2.05. The first kappa shape index (κ1) is 14.5. The van der Waals surface area contributed by atoms with Gasteiger partial charge in [0.2, 0.25) is 0 Å². The number of nitrogens with one attached hydrogen (secondary N) is 1. The van der Waals surface area contributed by atoms with Gasteiger partial charge in [-0.2, -0.15) is 0 Å². The number of halogens is 2. The van der Waals surface area contributed by atoms with Crippen LogP contribution in [0.2, 0.25) is 5.02 Å². The topological polar surface area (TPSA) is 29.1 Å². The van der Waals surface area contributed by atoms with Gasteiger partial charge in [0, 0.05) is 17.1 Å². The Balaban J connectivity index is 1.74. The van der Waals surface area contributed by atoms with Crippen molar-refractivity contribution in [3.05, 3.63) is 70.5 Å². The minimum atomic E-state index is -0.232. The Labute approximate surface area is 122 Å². The van der Waals surface area contributed by atoms with Crippen LogP contribution in [0, 0.1) is 5.82 Å². The lowest BCUT2D eigenvalue weighted by molar-refractivity contribution is 0.0953. The van der Waals surface area contributed by atoms with Gasteiger partial charge in [0.25, 0.3) is 5.91 Å². The van der Waals surface area contributed by atoms with Gasteiger partial charge in [-0.1, -0.05) is 23.7 Å². The molecule has 0 spiro atoms. The molecular formula is C16H15ClFNO. The zero-order chi connectivity index (χ0) is 14.4. The first-order chi connectivity index (χ1) is 9.65. The Morgan fingerprint density at radius 3 is 2.35 bits per heavy atom. The van der Waals surface area contributed by atoms with Crippen molar-refractivity contribution in [3.8, 4) is 0 Å². The maximum absolute atomic E-state index is 12.7. The van der Waals surface area contributed by atoms with Gasteiger partial charge in [0.15, 0.2) is 0 Å². The van der Waals surface area contributed by atoms with Crippen molar-refractivity contribution in [1.29, 1.82) is 0 Å². The van der Waals surface area contributed by atoms with E-state index in [1.54, 1.807) is 36.4 Å². The molecular weight excluding hydrogens is 277 g/mol. The normalized spacial score (nSPS) is 10.3. The van der Waals surface area contributed by atoms with Crippen molar-refractivity contribution in [2.75, 3.05) is 6.54 Å². The lowest BCUT2D eigenvalue weighted by Crippen LogP contribution is -2.24. The van der Waals surface area contributed by atoms with Crippen LogP contribution in [0.1, 0.15) is 22.3 Å². The summed E-state index contributed by atoms with van der Waals surface area (Å²) in [4.78, 5) is 11.8. The summed E-state index contributed by atoms with van der Waals surface area (Å²) in [5.74, 6) is -0.342. The molecule has 20 heavy (non-hydrogen) atoms. The van der Waals surface area contributed by atoms with Crippen LogP contribution < -0.4 is 5.32 Å². The van der Waals surface area contributed by atoms with Crippen molar-refractivity contribution in [1.82, 2.24) is 5.32 Å². The van der Waals surface area contributed by atoms with E-state index >= 15 is 0 Å².